The number of nitrogens with one attached hydrogen (secondary N) is 2. The van der Waals surface area contributed by atoms with Crippen molar-refractivity contribution in [2.24, 2.45) is 5.41 Å². The van der Waals surface area contributed by atoms with Crippen LogP contribution in [-0.4, -0.2) is 21.0 Å². The number of allylic oxidation sites excluding steroid dienone is 2. The van der Waals surface area contributed by atoms with E-state index in [0.29, 0.717) is 6.42 Å². The number of fused-ring (bicyclic) bond motifs is 1. The molecular weight excluding hydrogens is 288 g/mol. The average molecular weight is 308 g/mol. The molecule has 4 rings (SSSR count). The average Bonchev–Trinajstić information content (AvgIpc) is 2.86. The minimum atomic E-state index is -0.0633. The number of carbonyl (C=O) groups excluding carboxylic acids is 1. The Morgan fingerprint density at radius 1 is 1.22 bits per heavy atom. The number of anilines is 1. The predicted octanol–water partition coefficient (Wildman–Crippen LogP) is 3.31. The molecule has 0 amide bonds. The van der Waals surface area contributed by atoms with Crippen molar-refractivity contribution in [1.29, 1.82) is 0 Å². The zero-order chi connectivity index (χ0) is 16.2. The third-order valence-corrected chi connectivity index (χ3v) is 4.80. The van der Waals surface area contributed by atoms with Gasteiger partial charge in [-0.1, -0.05) is 13.8 Å². The summed E-state index contributed by atoms with van der Waals surface area (Å²) in [7, 11) is 0. The molecule has 5 heteroatoms. The van der Waals surface area contributed by atoms with Crippen LogP contribution in [0.1, 0.15) is 49.4 Å². The van der Waals surface area contributed by atoms with Crippen molar-refractivity contribution < 1.29 is 4.79 Å². The maximum Gasteiger partial charge on any atom is 0.162 e. The highest BCUT2D eigenvalue weighted by molar-refractivity contribution is 6.01. The molecule has 1 aliphatic carbocycles. The molecule has 2 N–H and O–H groups in total. The maximum absolute atomic E-state index is 12.9. The molecule has 0 fully saturated rings. The first-order chi connectivity index (χ1) is 11.0. The quantitative estimate of drug-likeness (QED) is 0.848. The van der Waals surface area contributed by atoms with Gasteiger partial charge in [-0.3, -0.25) is 14.9 Å². The number of H-pyrrole nitrogens is 1. The molecule has 23 heavy (non-hydrogen) atoms. The first kappa shape index (κ1) is 14.2. The Morgan fingerprint density at radius 3 is 2.70 bits per heavy atom. The number of aryl methyl sites for hydroxylation is 1. The summed E-state index contributed by atoms with van der Waals surface area (Å²) < 4.78 is 0. The Bertz CT molecular complexity index is 817. The van der Waals surface area contributed by atoms with Gasteiger partial charge in [-0.15, -0.1) is 0 Å². The Balaban J connectivity index is 1.94. The molecule has 2 aromatic heterocycles. The van der Waals surface area contributed by atoms with E-state index in [9.17, 15) is 4.79 Å². The van der Waals surface area contributed by atoms with E-state index < -0.39 is 0 Å². The van der Waals surface area contributed by atoms with E-state index in [1.165, 1.54) is 0 Å². The molecule has 2 aromatic rings. The van der Waals surface area contributed by atoms with E-state index in [0.717, 1.165) is 40.3 Å². The van der Waals surface area contributed by atoms with Crippen LogP contribution in [0.3, 0.4) is 0 Å². The van der Waals surface area contributed by atoms with Gasteiger partial charge in [0, 0.05) is 47.3 Å². The van der Waals surface area contributed by atoms with Gasteiger partial charge in [-0.05, 0) is 36.5 Å². The second-order valence-electron chi connectivity index (χ2n) is 7.28. The Morgan fingerprint density at radius 2 is 1.96 bits per heavy atom. The minimum absolute atomic E-state index is 0.0193. The molecule has 1 atom stereocenters. The fourth-order valence-electron chi connectivity index (χ4n) is 3.84. The van der Waals surface area contributed by atoms with Crippen molar-refractivity contribution in [3.05, 3.63) is 52.6 Å². The molecule has 0 bridgehead atoms. The second-order valence-corrected chi connectivity index (χ2v) is 7.28. The van der Waals surface area contributed by atoms with Crippen molar-refractivity contribution in [3.8, 4) is 0 Å². The van der Waals surface area contributed by atoms with Crippen LogP contribution < -0.4 is 5.32 Å². The Labute approximate surface area is 135 Å². The molecule has 0 saturated carbocycles. The first-order valence-corrected chi connectivity index (χ1v) is 7.94. The van der Waals surface area contributed by atoms with Gasteiger partial charge in [0.1, 0.15) is 0 Å². The summed E-state index contributed by atoms with van der Waals surface area (Å²) in [6.45, 7) is 6.29. The standard InChI is InChI=1S/C18H20N4O/c1-10-14-15(11-4-6-19-7-5-11)16-12(20-17(14)22-21-10)8-18(2,3)9-13(16)23/h4-7,15H,8-9H2,1-3H3,(H2,20,21,22)/t15-/m1/s1. The Kier molecular flexibility index (Phi) is 2.95. The summed E-state index contributed by atoms with van der Waals surface area (Å²) in [6.07, 6.45) is 5.01. The number of hydrogen-bond acceptors (Lipinski definition) is 4. The highest BCUT2D eigenvalue weighted by Crippen LogP contribution is 2.49. The number of pyridine rings is 1. The summed E-state index contributed by atoms with van der Waals surface area (Å²) in [5.41, 5.74) is 5.06. The van der Waals surface area contributed by atoms with E-state index in [1.54, 1.807) is 12.4 Å². The SMILES string of the molecule is Cc1[nH]nc2c1[C@@H](c1ccncc1)C1=C(CC(C)(C)CC1=O)N2. The minimum Gasteiger partial charge on any atom is -0.342 e. The van der Waals surface area contributed by atoms with Crippen molar-refractivity contribution >= 4 is 11.6 Å². The summed E-state index contributed by atoms with van der Waals surface area (Å²) in [6, 6.07) is 3.98. The molecule has 0 spiro atoms. The molecule has 5 nitrogen and oxygen atoms in total. The van der Waals surface area contributed by atoms with Crippen molar-refractivity contribution in [2.45, 2.75) is 39.5 Å². The van der Waals surface area contributed by atoms with Gasteiger partial charge >= 0.3 is 0 Å². The van der Waals surface area contributed by atoms with Gasteiger partial charge in [0.15, 0.2) is 11.6 Å². The number of ketones is 1. The topological polar surface area (TPSA) is 70.7 Å². The fourth-order valence-corrected chi connectivity index (χ4v) is 3.84. The number of nitrogens with zero attached hydrogens (tertiary/aromatic N) is 2. The van der Waals surface area contributed by atoms with Gasteiger partial charge in [0.05, 0.1) is 0 Å². The second kappa shape index (κ2) is 4.78. The molecular formula is C18H20N4O. The third kappa shape index (κ3) is 2.19. The molecule has 0 saturated heterocycles. The first-order valence-electron chi connectivity index (χ1n) is 7.94. The summed E-state index contributed by atoms with van der Waals surface area (Å²) in [5, 5.41) is 10.9. The molecule has 0 radical (unpaired) electrons. The van der Waals surface area contributed by atoms with Crippen LogP contribution in [0.25, 0.3) is 0 Å². The van der Waals surface area contributed by atoms with Crippen LogP contribution in [-0.2, 0) is 4.79 Å². The van der Waals surface area contributed by atoms with Crippen LogP contribution in [0.15, 0.2) is 35.8 Å². The van der Waals surface area contributed by atoms with Gasteiger partial charge in [0.2, 0.25) is 0 Å². The zero-order valence-electron chi connectivity index (χ0n) is 13.6. The number of rotatable bonds is 1. The lowest BCUT2D eigenvalue weighted by molar-refractivity contribution is -0.118. The molecule has 0 aromatic carbocycles. The van der Waals surface area contributed by atoms with Gasteiger partial charge in [0.25, 0.3) is 0 Å². The number of aromatic nitrogens is 3. The maximum atomic E-state index is 12.9. The van der Waals surface area contributed by atoms with E-state index in [4.69, 9.17) is 0 Å². The molecule has 118 valence electrons. The van der Waals surface area contributed by atoms with Crippen molar-refractivity contribution in [3.63, 3.8) is 0 Å². The molecule has 2 aliphatic rings. The monoisotopic (exact) mass is 308 g/mol. The highest BCUT2D eigenvalue weighted by Gasteiger charge is 2.42. The van der Waals surface area contributed by atoms with Crippen LogP contribution in [0.2, 0.25) is 0 Å². The Hall–Kier alpha value is -2.43. The van der Waals surface area contributed by atoms with E-state index in [-0.39, 0.29) is 17.1 Å². The molecule has 0 unspecified atom stereocenters. The normalized spacial score (nSPS) is 22.4. The largest absolute Gasteiger partial charge is 0.342 e. The third-order valence-electron chi connectivity index (χ3n) is 4.80. The fraction of sp³-hybridized carbons (Fsp3) is 0.389. The van der Waals surface area contributed by atoms with Crippen LogP contribution >= 0.6 is 0 Å². The lowest BCUT2D eigenvalue weighted by atomic mass is 9.69. The van der Waals surface area contributed by atoms with E-state index in [1.807, 2.05) is 19.1 Å². The predicted molar refractivity (Wildman–Crippen MR) is 88.1 cm³/mol. The van der Waals surface area contributed by atoms with Crippen molar-refractivity contribution in [1.82, 2.24) is 15.2 Å². The molecule has 1 aliphatic heterocycles. The van der Waals surface area contributed by atoms with Crippen LogP contribution in [0.4, 0.5) is 5.82 Å². The van der Waals surface area contributed by atoms with Crippen molar-refractivity contribution in [2.75, 3.05) is 5.32 Å². The van der Waals surface area contributed by atoms with Crippen LogP contribution in [0.5, 0.6) is 0 Å². The van der Waals surface area contributed by atoms with E-state index >= 15 is 0 Å². The number of hydrogen-bond donors (Lipinski definition) is 2. The zero-order valence-corrected chi connectivity index (χ0v) is 13.6. The van der Waals surface area contributed by atoms with Gasteiger partial charge in [-0.25, -0.2) is 0 Å². The summed E-state index contributed by atoms with van der Waals surface area (Å²) in [5.74, 6) is 1.01. The number of aromatic amines is 1. The van der Waals surface area contributed by atoms with Gasteiger partial charge in [-0.2, -0.15) is 5.10 Å². The highest BCUT2D eigenvalue weighted by atomic mass is 16.1. The smallest absolute Gasteiger partial charge is 0.162 e. The van der Waals surface area contributed by atoms with Crippen LogP contribution in [0, 0.1) is 12.3 Å². The summed E-state index contributed by atoms with van der Waals surface area (Å²) >= 11 is 0. The number of Topliss-reactive ketones (excluding diaryl/α,β-unsaturated/α-hetero) is 1. The molecule has 3 heterocycles. The van der Waals surface area contributed by atoms with E-state index in [2.05, 4.69) is 34.3 Å². The number of carbonyl (C=O) groups is 1. The van der Waals surface area contributed by atoms with Gasteiger partial charge < -0.3 is 5.32 Å². The lowest BCUT2D eigenvalue weighted by Crippen LogP contribution is -2.33. The lowest BCUT2D eigenvalue weighted by Gasteiger charge is -2.38. The summed E-state index contributed by atoms with van der Waals surface area (Å²) in [4.78, 5) is 17.0.